The van der Waals surface area contributed by atoms with Crippen LogP contribution in [-0.2, 0) is 4.79 Å². The Bertz CT molecular complexity index is 879. The first-order valence-electron chi connectivity index (χ1n) is 7.66. The number of nitrogens with zero attached hydrogens (tertiary/aromatic N) is 3. The van der Waals surface area contributed by atoms with Gasteiger partial charge in [0.15, 0.2) is 0 Å². The normalized spacial score (nSPS) is 17.5. The lowest BCUT2D eigenvalue weighted by atomic mass is 10.1. The van der Waals surface area contributed by atoms with E-state index in [2.05, 4.69) is 10.1 Å². The van der Waals surface area contributed by atoms with Gasteiger partial charge in [-0.15, -0.1) is 0 Å². The molecule has 24 heavy (non-hydrogen) atoms. The average Bonchev–Trinajstić information content (AvgIpc) is 3.23. The Morgan fingerprint density at radius 3 is 2.62 bits per heavy atom. The molecule has 0 bridgehead atoms. The molecular formula is C18H14FN3O2. The molecule has 120 valence electrons. The molecule has 2 aromatic carbocycles. The number of carbonyl (C=O) groups is 1. The quantitative estimate of drug-likeness (QED) is 0.741. The highest BCUT2D eigenvalue weighted by Crippen LogP contribution is 2.32. The summed E-state index contributed by atoms with van der Waals surface area (Å²) in [5.41, 5.74) is 1.13. The van der Waals surface area contributed by atoms with Crippen LogP contribution in [0.5, 0.6) is 0 Å². The van der Waals surface area contributed by atoms with E-state index in [-0.39, 0.29) is 23.2 Å². The van der Waals surface area contributed by atoms with Gasteiger partial charge in [-0.3, -0.25) is 4.79 Å². The molecule has 6 heteroatoms. The topological polar surface area (TPSA) is 59.2 Å². The van der Waals surface area contributed by atoms with Crippen molar-refractivity contribution in [1.82, 2.24) is 10.1 Å². The number of halogens is 1. The molecule has 1 fully saturated rings. The van der Waals surface area contributed by atoms with Crippen LogP contribution in [0.15, 0.2) is 59.1 Å². The smallest absolute Gasteiger partial charge is 0.232 e. The molecule has 0 saturated carbocycles. The lowest BCUT2D eigenvalue weighted by molar-refractivity contribution is -0.117. The standard InChI is InChI=1S/C18H14FN3O2/c19-15-9-5-4-8-14(15)17-20-18(24-21-17)12-10-16(23)22(11-12)13-6-2-1-3-7-13/h1-9,12H,10-11H2/t12-/m0/s1. The van der Waals surface area contributed by atoms with Gasteiger partial charge >= 0.3 is 0 Å². The number of benzene rings is 2. The number of aromatic nitrogens is 2. The molecule has 1 amide bonds. The Hall–Kier alpha value is -3.02. The molecule has 1 saturated heterocycles. The fourth-order valence-electron chi connectivity index (χ4n) is 2.88. The van der Waals surface area contributed by atoms with Gasteiger partial charge in [0.2, 0.25) is 17.6 Å². The molecule has 0 spiro atoms. The fourth-order valence-corrected chi connectivity index (χ4v) is 2.88. The molecule has 2 heterocycles. The second-order valence-electron chi connectivity index (χ2n) is 5.68. The molecular weight excluding hydrogens is 309 g/mol. The van der Waals surface area contributed by atoms with Crippen LogP contribution in [0.2, 0.25) is 0 Å². The number of rotatable bonds is 3. The summed E-state index contributed by atoms with van der Waals surface area (Å²) in [6, 6.07) is 15.7. The highest BCUT2D eigenvalue weighted by Gasteiger charge is 2.35. The van der Waals surface area contributed by atoms with E-state index in [9.17, 15) is 9.18 Å². The van der Waals surface area contributed by atoms with Crippen molar-refractivity contribution in [1.29, 1.82) is 0 Å². The van der Waals surface area contributed by atoms with Crippen LogP contribution in [-0.4, -0.2) is 22.6 Å². The summed E-state index contributed by atoms with van der Waals surface area (Å²) in [5, 5.41) is 3.86. The van der Waals surface area contributed by atoms with E-state index in [0.717, 1.165) is 5.69 Å². The van der Waals surface area contributed by atoms with E-state index in [4.69, 9.17) is 4.52 Å². The van der Waals surface area contributed by atoms with E-state index in [1.807, 2.05) is 30.3 Å². The number of amides is 1. The van der Waals surface area contributed by atoms with Gasteiger partial charge in [-0.1, -0.05) is 35.5 Å². The monoisotopic (exact) mass is 323 g/mol. The fraction of sp³-hybridized carbons (Fsp3) is 0.167. The lowest BCUT2D eigenvalue weighted by Crippen LogP contribution is -2.24. The van der Waals surface area contributed by atoms with Crippen molar-refractivity contribution in [3.05, 3.63) is 66.3 Å². The highest BCUT2D eigenvalue weighted by atomic mass is 19.1. The number of anilines is 1. The summed E-state index contributed by atoms with van der Waals surface area (Å²) in [6.45, 7) is 0.474. The van der Waals surface area contributed by atoms with Crippen LogP contribution in [0.3, 0.4) is 0 Å². The predicted octanol–water partition coefficient (Wildman–Crippen LogP) is 3.40. The Kier molecular flexibility index (Phi) is 3.57. The van der Waals surface area contributed by atoms with Crippen LogP contribution in [0.4, 0.5) is 10.1 Å². The van der Waals surface area contributed by atoms with Crippen molar-refractivity contribution in [3.8, 4) is 11.4 Å². The van der Waals surface area contributed by atoms with Crippen LogP contribution in [0.25, 0.3) is 11.4 Å². The molecule has 5 nitrogen and oxygen atoms in total. The maximum Gasteiger partial charge on any atom is 0.232 e. The molecule has 0 unspecified atom stereocenters. The van der Waals surface area contributed by atoms with Gasteiger partial charge < -0.3 is 9.42 Å². The first-order valence-corrected chi connectivity index (χ1v) is 7.66. The number of hydrogen-bond acceptors (Lipinski definition) is 4. The summed E-state index contributed by atoms with van der Waals surface area (Å²) >= 11 is 0. The minimum atomic E-state index is -0.404. The predicted molar refractivity (Wildman–Crippen MR) is 85.8 cm³/mol. The summed E-state index contributed by atoms with van der Waals surface area (Å²) in [5.74, 6) is -0.0189. The first-order chi connectivity index (χ1) is 11.7. The second kappa shape index (κ2) is 5.88. The van der Waals surface area contributed by atoms with E-state index in [1.165, 1.54) is 6.07 Å². The number of para-hydroxylation sites is 1. The van der Waals surface area contributed by atoms with Crippen molar-refractivity contribution in [2.24, 2.45) is 0 Å². The Balaban J connectivity index is 1.58. The average molecular weight is 323 g/mol. The molecule has 1 aliphatic rings. The van der Waals surface area contributed by atoms with Crippen molar-refractivity contribution < 1.29 is 13.7 Å². The highest BCUT2D eigenvalue weighted by molar-refractivity contribution is 5.96. The van der Waals surface area contributed by atoms with Crippen LogP contribution in [0.1, 0.15) is 18.2 Å². The minimum Gasteiger partial charge on any atom is -0.339 e. The minimum absolute atomic E-state index is 0.0110. The second-order valence-corrected chi connectivity index (χ2v) is 5.68. The van der Waals surface area contributed by atoms with Crippen LogP contribution in [0, 0.1) is 5.82 Å². The third-order valence-electron chi connectivity index (χ3n) is 4.10. The van der Waals surface area contributed by atoms with Gasteiger partial charge in [0, 0.05) is 18.7 Å². The lowest BCUT2D eigenvalue weighted by Gasteiger charge is -2.15. The molecule has 1 aromatic heterocycles. The molecule has 0 N–H and O–H groups in total. The van der Waals surface area contributed by atoms with Gasteiger partial charge in [0.05, 0.1) is 11.5 Å². The zero-order valence-corrected chi connectivity index (χ0v) is 12.7. The van der Waals surface area contributed by atoms with Gasteiger partial charge in [-0.05, 0) is 24.3 Å². The molecule has 0 radical (unpaired) electrons. The molecule has 4 rings (SSSR count). The zero-order chi connectivity index (χ0) is 16.5. The van der Waals surface area contributed by atoms with Gasteiger partial charge in [0.1, 0.15) is 5.82 Å². The molecule has 3 aromatic rings. The molecule has 0 aliphatic carbocycles. The van der Waals surface area contributed by atoms with E-state index in [0.29, 0.717) is 18.9 Å². The summed E-state index contributed by atoms with van der Waals surface area (Å²) in [6.07, 6.45) is 0.299. The maximum atomic E-state index is 13.8. The number of hydrogen-bond donors (Lipinski definition) is 0. The van der Waals surface area contributed by atoms with Crippen LogP contribution < -0.4 is 4.90 Å². The Morgan fingerprint density at radius 2 is 1.83 bits per heavy atom. The SMILES string of the molecule is O=C1C[C@H](c2nc(-c3ccccc3F)no2)CN1c1ccccc1. The first kappa shape index (κ1) is 14.6. The maximum absolute atomic E-state index is 13.8. The molecule has 1 atom stereocenters. The number of carbonyl (C=O) groups excluding carboxylic acids is 1. The zero-order valence-electron chi connectivity index (χ0n) is 12.7. The third-order valence-corrected chi connectivity index (χ3v) is 4.10. The summed E-state index contributed by atoms with van der Waals surface area (Å²) in [4.78, 5) is 18.3. The van der Waals surface area contributed by atoms with E-state index in [1.54, 1.807) is 23.1 Å². The van der Waals surface area contributed by atoms with Crippen molar-refractivity contribution in [3.63, 3.8) is 0 Å². The summed E-state index contributed by atoms with van der Waals surface area (Å²) < 4.78 is 19.1. The largest absolute Gasteiger partial charge is 0.339 e. The Morgan fingerprint density at radius 1 is 1.08 bits per heavy atom. The third kappa shape index (κ3) is 2.56. The molecule has 1 aliphatic heterocycles. The summed E-state index contributed by atoms with van der Waals surface area (Å²) in [7, 11) is 0. The van der Waals surface area contributed by atoms with E-state index < -0.39 is 5.82 Å². The Labute approximate surface area is 137 Å². The van der Waals surface area contributed by atoms with Gasteiger partial charge in [-0.2, -0.15) is 4.98 Å². The van der Waals surface area contributed by atoms with Crippen molar-refractivity contribution >= 4 is 11.6 Å². The van der Waals surface area contributed by atoms with Crippen molar-refractivity contribution in [2.45, 2.75) is 12.3 Å². The van der Waals surface area contributed by atoms with Gasteiger partial charge in [0.25, 0.3) is 0 Å². The van der Waals surface area contributed by atoms with E-state index >= 15 is 0 Å². The van der Waals surface area contributed by atoms with Gasteiger partial charge in [-0.25, -0.2) is 4.39 Å². The van der Waals surface area contributed by atoms with Crippen LogP contribution >= 0.6 is 0 Å². The van der Waals surface area contributed by atoms with Crippen molar-refractivity contribution in [2.75, 3.05) is 11.4 Å².